The van der Waals surface area contributed by atoms with Crippen molar-refractivity contribution < 1.29 is 0 Å². The molecule has 0 amide bonds. The van der Waals surface area contributed by atoms with E-state index in [1.165, 1.54) is 33.0 Å². The molecule has 0 bridgehead atoms. The molecule has 1 aliphatic carbocycles. The third kappa shape index (κ3) is 1.77. The molecular formula is C20H16. The number of fused-ring (bicyclic) bond motifs is 2. The van der Waals surface area contributed by atoms with Crippen LogP contribution in [-0.2, 0) is 6.42 Å². The lowest BCUT2D eigenvalue weighted by Crippen LogP contribution is -2.01. The van der Waals surface area contributed by atoms with Gasteiger partial charge in [0, 0.05) is 0 Å². The van der Waals surface area contributed by atoms with Crippen molar-refractivity contribution in [2.24, 2.45) is 0 Å². The molecule has 3 aromatic carbocycles. The Hall–Kier alpha value is -2.34. The average Bonchev–Trinajstić information content (AvgIpc) is 2.54. The molecule has 0 saturated carbocycles. The predicted octanol–water partition coefficient (Wildman–Crippen LogP) is 5.22. The van der Waals surface area contributed by atoms with E-state index in [0.717, 1.165) is 12.8 Å². The van der Waals surface area contributed by atoms with E-state index >= 15 is 0 Å². The fraction of sp³-hybridized carbons (Fsp3) is 0.100. The summed E-state index contributed by atoms with van der Waals surface area (Å²) < 4.78 is 0. The Bertz CT molecular complexity index is 804. The van der Waals surface area contributed by atoms with Crippen LogP contribution in [0.2, 0.25) is 0 Å². The Kier molecular flexibility index (Phi) is 2.67. The highest BCUT2D eigenvalue weighted by atomic mass is 14.2. The van der Waals surface area contributed by atoms with Crippen molar-refractivity contribution >= 4 is 16.3 Å². The maximum atomic E-state index is 2.39. The van der Waals surface area contributed by atoms with Crippen LogP contribution < -0.4 is 0 Å². The van der Waals surface area contributed by atoms with Gasteiger partial charge in [-0.1, -0.05) is 72.8 Å². The lowest BCUT2D eigenvalue weighted by molar-refractivity contribution is 0.978. The topological polar surface area (TPSA) is 0 Å². The minimum atomic E-state index is 1.13. The normalized spacial score (nSPS) is 13.9. The second kappa shape index (κ2) is 4.64. The molecule has 0 nitrogen and oxygen atoms in total. The van der Waals surface area contributed by atoms with Gasteiger partial charge in [0.05, 0.1) is 0 Å². The summed E-state index contributed by atoms with van der Waals surface area (Å²) in [6.07, 6.45) is 4.68. The summed E-state index contributed by atoms with van der Waals surface area (Å²) in [5.74, 6) is 0. The molecule has 96 valence electrons. The first-order valence-corrected chi connectivity index (χ1v) is 7.20. The van der Waals surface area contributed by atoms with Gasteiger partial charge >= 0.3 is 0 Å². The van der Waals surface area contributed by atoms with Crippen LogP contribution in [0.3, 0.4) is 0 Å². The van der Waals surface area contributed by atoms with Gasteiger partial charge in [-0.3, -0.25) is 0 Å². The standard InChI is InChI=1S/C20H16/c1-3-11-17-15(7-1)9-5-13-19(17)20-14-6-10-16-8-2-4-12-18(16)20/h1-5,7-9,11-14H,6,10H2. The summed E-state index contributed by atoms with van der Waals surface area (Å²) in [6, 6.07) is 24.0. The molecule has 0 unspecified atom stereocenters. The molecule has 4 rings (SSSR count). The summed E-state index contributed by atoms with van der Waals surface area (Å²) in [7, 11) is 0. The highest BCUT2D eigenvalue weighted by molar-refractivity contribution is 5.98. The van der Waals surface area contributed by atoms with Gasteiger partial charge in [-0.25, -0.2) is 0 Å². The third-order valence-corrected chi connectivity index (χ3v) is 4.15. The first kappa shape index (κ1) is 11.5. The number of aryl methyl sites for hydroxylation is 1. The van der Waals surface area contributed by atoms with Crippen LogP contribution in [-0.4, -0.2) is 0 Å². The van der Waals surface area contributed by atoms with Gasteiger partial charge in [-0.05, 0) is 45.9 Å². The minimum absolute atomic E-state index is 1.13. The van der Waals surface area contributed by atoms with Crippen molar-refractivity contribution in [2.75, 3.05) is 0 Å². The van der Waals surface area contributed by atoms with E-state index in [4.69, 9.17) is 0 Å². The molecule has 0 spiro atoms. The molecular weight excluding hydrogens is 240 g/mol. The van der Waals surface area contributed by atoms with Crippen LogP contribution in [0, 0.1) is 0 Å². The van der Waals surface area contributed by atoms with E-state index < -0.39 is 0 Å². The van der Waals surface area contributed by atoms with Crippen molar-refractivity contribution in [1.82, 2.24) is 0 Å². The second-order valence-corrected chi connectivity index (χ2v) is 5.34. The van der Waals surface area contributed by atoms with Crippen molar-refractivity contribution in [1.29, 1.82) is 0 Å². The molecule has 0 aliphatic heterocycles. The van der Waals surface area contributed by atoms with Gasteiger partial charge in [0.15, 0.2) is 0 Å². The van der Waals surface area contributed by atoms with Gasteiger partial charge in [-0.2, -0.15) is 0 Å². The number of hydrogen-bond donors (Lipinski definition) is 0. The fourth-order valence-electron chi connectivity index (χ4n) is 3.20. The molecule has 0 N–H and O–H groups in total. The molecule has 0 aromatic heterocycles. The van der Waals surface area contributed by atoms with Crippen molar-refractivity contribution in [3.05, 3.63) is 89.5 Å². The molecule has 0 fully saturated rings. The van der Waals surface area contributed by atoms with Gasteiger partial charge < -0.3 is 0 Å². The van der Waals surface area contributed by atoms with Crippen LogP contribution in [0.15, 0.2) is 72.8 Å². The monoisotopic (exact) mass is 256 g/mol. The quantitative estimate of drug-likeness (QED) is 0.560. The third-order valence-electron chi connectivity index (χ3n) is 4.15. The minimum Gasteiger partial charge on any atom is -0.0757 e. The Balaban J connectivity index is 1.98. The summed E-state index contributed by atoms with van der Waals surface area (Å²) in [6.45, 7) is 0. The van der Waals surface area contributed by atoms with E-state index in [1.54, 1.807) is 0 Å². The molecule has 3 aromatic rings. The largest absolute Gasteiger partial charge is 0.0757 e. The molecule has 0 saturated heterocycles. The zero-order valence-corrected chi connectivity index (χ0v) is 11.3. The summed E-state index contributed by atoms with van der Waals surface area (Å²) in [5.41, 5.74) is 5.62. The Morgan fingerprint density at radius 2 is 1.40 bits per heavy atom. The average molecular weight is 256 g/mol. The predicted molar refractivity (Wildman–Crippen MR) is 85.8 cm³/mol. The first-order valence-electron chi connectivity index (χ1n) is 7.20. The zero-order valence-electron chi connectivity index (χ0n) is 11.3. The summed E-state index contributed by atoms with van der Waals surface area (Å²) in [4.78, 5) is 0. The number of benzene rings is 3. The van der Waals surface area contributed by atoms with E-state index in [9.17, 15) is 0 Å². The SMILES string of the molecule is C1=C(c2cccc3ccccc23)c2ccccc2CC1. The smallest absolute Gasteiger partial charge is 0.0102 e. The van der Waals surface area contributed by atoms with Crippen LogP contribution in [0.1, 0.15) is 23.1 Å². The summed E-state index contributed by atoms with van der Waals surface area (Å²) >= 11 is 0. The number of allylic oxidation sites excluding steroid dienone is 1. The highest BCUT2D eigenvalue weighted by Crippen LogP contribution is 2.35. The lowest BCUT2D eigenvalue weighted by Gasteiger charge is -2.19. The van der Waals surface area contributed by atoms with Crippen LogP contribution in [0.25, 0.3) is 16.3 Å². The Labute approximate surface area is 119 Å². The van der Waals surface area contributed by atoms with Crippen LogP contribution in [0.4, 0.5) is 0 Å². The summed E-state index contributed by atoms with van der Waals surface area (Å²) in [5, 5.41) is 2.66. The molecule has 0 atom stereocenters. The highest BCUT2D eigenvalue weighted by Gasteiger charge is 2.14. The Morgan fingerprint density at radius 1 is 0.650 bits per heavy atom. The van der Waals surface area contributed by atoms with Crippen molar-refractivity contribution in [2.45, 2.75) is 12.8 Å². The van der Waals surface area contributed by atoms with Crippen molar-refractivity contribution in [3.63, 3.8) is 0 Å². The second-order valence-electron chi connectivity index (χ2n) is 5.34. The van der Waals surface area contributed by atoms with Gasteiger partial charge in [0.2, 0.25) is 0 Å². The van der Waals surface area contributed by atoms with Crippen molar-refractivity contribution in [3.8, 4) is 0 Å². The molecule has 0 heterocycles. The van der Waals surface area contributed by atoms with Crippen LogP contribution >= 0.6 is 0 Å². The lowest BCUT2D eigenvalue weighted by atomic mass is 9.85. The first-order chi connectivity index (χ1) is 9.93. The van der Waals surface area contributed by atoms with E-state index in [2.05, 4.69) is 72.8 Å². The number of rotatable bonds is 1. The van der Waals surface area contributed by atoms with E-state index in [-0.39, 0.29) is 0 Å². The van der Waals surface area contributed by atoms with Crippen LogP contribution in [0.5, 0.6) is 0 Å². The number of hydrogen-bond acceptors (Lipinski definition) is 0. The van der Waals surface area contributed by atoms with Gasteiger partial charge in [0.1, 0.15) is 0 Å². The van der Waals surface area contributed by atoms with Gasteiger partial charge in [0.25, 0.3) is 0 Å². The Morgan fingerprint density at radius 3 is 2.40 bits per heavy atom. The molecule has 1 aliphatic rings. The fourth-order valence-corrected chi connectivity index (χ4v) is 3.20. The maximum Gasteiger partial charge on any atom is -0.0102 e. The molecule has 20 heavy (non-hydrogen) atoms. The molecule has 0 heteroatoms. The zero-order chi connectivity index (χ0) is 13.4. The molecule has 0 radical (unpaired) electrons. The van der Waals surface area contributed by atoms with E-state index in [1.807, 2.05) is 0 Å². The van der Waals surface area contributed by atoms with E-state index in [0.29, 0.717) is 0 Å². The van der Waals surface area contributed by atoms with Gasteiger partial charge in [-0.15, -0.1) is 0 Å². The maximum absolute atomic E-state index is 2.39.